The number of thiazole rings is 1. The van der Waals surface area contributed by atoms with E-state index in [2.05, 4.69) is 15.6 Å². The van der Waals surface area contributed by atoms with E-state index >= 15 is 0 Å². The Morgan fingerprint density at radius 1 is 1.00 bits per heavy atom. The number of carbonyl (C=O) groups is 4. The van der Waals surface area contributed by atoms with Gasteiger partial charge in [0.1, 0.15) is 12.2 Å². The Labute approximate surface area is 218 Å². The van der Waals surface area contributed by atoms with Gasteiger partial charge in [-0.2, -0.15) is 0 Å². The van der Waals surface area contributed by atoms with Crippen molar-refractivity contribution >= 4 is 46.2 Å². The largest absolute Gasteiger partial charge is 0.530 e. The second kappa shape index (κ2) is 14.0. The molecule has 4 N–H and O–H groups in total. The highest BCUT2D eigenvalue weighted by molar-refractivity contribution is 7.15. The third-order valence-corrected chi connectivity index (χ3v) is 6.12. The van der Waals surface area contributed by atoms with Gasteiger partial charge in [0.15, 0.2) is 11.4 Å². The van der Waals surface area contributed by atoms with Crippen LogP contribution in [0.3, 0.4) is 0 Å². The van der Waals surface area contributed by atoms with E-state index in [1.54, 1.807) is 31.1 Å². The van der Waals surface area contributed by atoms with E-state index in [0.29, 0.717) is 43.2 Å². The van der Waals surface area contributed by atoms with Crippen molar-refractivity contribution in [3.8, 4) is 0 Å². The molecule has 0 saturated carbocycles. The van der Waals surface area contributed by atoms with Crippen LogP contribution in [0.4, 0.5) is 20.4 Å². The highest BCUT2D eigenvalue weighted by atomic mass is 32.1. The van der Waals surface area contributed by atoms with Crippen molar-refractivity contribution in [3.05, 3.63) is 40.4 Å². The molecule has 1 aromatic heterocycles. The average Bonchev–Trinajstić information content (AvgIpc) is 3.15. The Kier molecular flexibility index (Phi) is 11.1. The summed E-state index contributed by atoms with van der Waals surface area (Å²) in [6, 6.07) is 6.99. The van der Waals surface area contributed by atoms with Crippen molar-refractivity contribution in [2.24, 2.45) is 0 Å². The fourth-order valence-electron chi connectivity index (χ4n) is 3.28. The van der Waals surface area contributed by atoms with Gasteiger partial charge in [0.05, 0.1) is 5.69 Å². The van der Waals surface area contributed by atoms with E-state index in [-0.39, 0.29) is 11.8 Å². The van der Waals surface area contributed by atoms with E-state index in [9.17, 15) is 29.4 Å². The molecule has 0 radical (unpaired) electrons. The summed E-state index contributed by atoms with van der Waals surface area (Å²) in [5, 5.41) is 31.2. The smallest absolute Gasteiger partial charge is 0.223 e. The summed E-state index contributed by atoms with van der Waals surface area (Å²) in [6.07, 6.45) is -3.02. The number of hydrogen-bond acceptors (Lipinski definition) is 10. The Hall–Kier alpha value is -3.91. The molecule has 14 heteroatoms. The third kappa shape index (κ3) is 10.7. The molecule has 0 aliphatic rings. The number of benzene rings is 1. The lowest BCUT2D eigenvalue weighted by Crippen LogP contribution is -2.58. The summed E-state index contributed by atoms with van der Waals surface area (Å²) in [5.41, 5.74) is 2.28. The predicted molar refractivity (Wildman–Crippen MR) is 134 cm³/mol. The normalized spacial score (nSPS) is 10.8. The summed E-state index contributed by atoms with van der Waals surface area (Å²) in [4.78, 5) is 54.1. The van der Waals surface area contributed by atoms with Crippen LogP contribution >= 0.6 is 11.3 Å². The molecular weight excluding hydrogens is 502 g/mol. The van der Waals surface area contributed by atoms with E-state index < -0.39 is 18.5 Å². The lowest BCUT2D eigenvalue weighted by Gasteiger charge is -2.24. The molecule has 1 heterocycles. The van der Waals surface area contributed by atoms with Gasteiger partial charge in [-0.15, -0.1) is 11.3 Å². The highest BCUT2D eigenvalue weighted by Gasteiger charge is 2.15. The number of aryl methyl sites for hydroxylation is 2. The molecule has 2 aromatic rings. The molecule has 0 unspecified atom stereocenters. The predicted octanol–water partition coefficient (Wildman–Crippen LogP) is -0.642. The maximum absolute atomic E-state index is 11.9. The van der Waals surface area contributed by atoms with Crippen LogP contribution in [0.5, 0.6) is 0 Å². The van der Waals surface area contributed by atoms with Gasteiger partial charge in [-0.05, 0) is 37.6 Å². The number of hydrogen-bond donors (Lipinski definition) is 4. The molecule has 13 nitrogen and oxygen atoms in total. The van der Waals surface area contributed by atoms with Crippen LogP contribution in [-0.2, 0) is 29.0 Å². The first kappa shape index (κ1) is 29.3. The number of nitrogens with one attached hydrogen (secondary N) is 4. The summed E-state index contributed by atoms with van der Waals surface area (Å²) in [5.74, 6) is -0.162. The fourth-order valence-corrected chi connectivity index (χ4v) is 4.42. The quantitative estimate of drug-likeness (QED) is 0.243. The first-order chi connectivity index (χ1) is 17.4. The summed E-state index contributed by atoms with van der Waals surface area (Å²) < 4.78 is 0. The van der Waals surface area contributed by atoms with E-state index in [0.717, 1.165) is 16.1 Å². The molecule has 0 aliphatic heterocycles. The molecule has 37 heavy (non-hydrogen) atoms. The SMILES string of the molecule is CC(=O)Nc1nc(CCc2ccc(NC(NC(=O)[O-])NC(=O)[O-])cc2)c(CN(C)CCC(=O)N(C)C)s1. The van der Waals surface area contributed by atoms with Gasteiger partial charge < -0.3 is 50.9 Å². The molecule has 4 amide bonds. The highest BCUT2D eigenvalue weighted by Crippen LogP contribution is 2.26. The van der Waals surface area contributed by atoms with Gasteiger partial charge in [-0.3, -0.25) is 9.59 Å². The van der Waals surface area contributed by atoms with Crippen LogP contribution in [0, 0.1) is 0 Å². The van der Waals surface area contributed by atoms with Gasteiger partial charge in [0.25, 0.3) is 0 Å². The number of anilines is 2. The molecule has 0 saturated heterocycles. The van der Waals surface area contributed by atoms with Crippen molar-refractivity contribution in [1.82, 2.24) is 25.4 Å². The zero-order valence-electron chi connectivity index (χ0n) is 21.1. The minimum Gasteiger partial charge on any atom is -0.530 e. The molecule has 0 aliphatic carbocycles. The van der Waals surface area contributed by atoms with Crippen LogP contribution in [-0.4, -0.2) is 72.8 Å². The first-order valence-corrected chi connectivity index (χ1v) is 12.2. The summed E-state index contributed by atoms with van der Waals surface area (Å²) in [6.45, 7) is 2.58. The van der Waals surface area contributed by atoms with Crippen molar-refractivity contribution < 1.29 is 29.4 Å². The maximum Gasteiger partial charge on any atom is 0.223 e. The zero-order valence-corrected chi connectivity index (χ0v) is 21.9. The molecule has 0 spiro atoms. The van der Waals surface area contributed by atoms with Gasteiger partial charge >= 0.3 is 0 Å². The molecule has 0 atom stereocenters. The zero-order chi connectivity index (χ0) is 27.5. The molecule has 0 fully saturated rings. The average molecular weight is 534 g/mol. The van der Waals surface area contributed by atoms with E-state index in [4.69, 9.17) is 0 Å². The Morgan fingerprint density at radius 2 is 1.62 bits per heavy atom. The fraction of sp³-hybridized carbons (Fsp3) is 0.435. The van der Waals surface area contributed by atoms with Crippen LogP contribution in [0.15, 0.2) is 24.3 Å². The van der Waals surface area contributed by atoms with Crippen molar-refractivity contribution in [2.45, 2.75) is 39.0 Å². The minimum absolute atomic E-state index is 0.0467. The Balaban J connectivity index is 2.04. The standard InChI is InChI=1S/C23H33N7O6S/c1-14(31)24-21-26-17(18(37-21)13-30(4)12-11-19(32)29(2)3)10-7-15-5-8-16(9-6-15)25-20(27-22(33)34)28-23(35)36/h5-6,8-9,20,25,27-28H,7,10-13H2,1-4H3,(H,33,34)(H,35,36)(H,24,26,31)/p-2. The van der Waals surface area contributed by atoms with Crippen LogP contribution < -0.4 is 31.5 Å². The van der Waals surface area contributed by atoms with Crippen molar-refractivity contribution in [1.29, 1.82) is 0 Å². The van der Waals surface area contributed by atoms with Gasteiger partial charge in [0, 0.05) is 51.1 Å². The second-order valence-corrected chi connectivity index (χ2v) is 9.57. The monoisotopic (exact) mass is 533 g/mol. The van der Waals surface area contributed by atoms with E-state index in [1.165, 1.54) is 18.3 Å². The van der Waals surface area contributed by atoms with Gasteiger partial charge in [-0.25, -0.2) is 4.98 Å². The van der Waals surface area contributed by atoms with Crippen molar-refractivity contribution in [3.63, 3.8) is 0 Å². The number of amides is 4. The topological polar surface area (TPSA) is 182 Å². The molecule has 1 aromatic carbocycles. The van der Waals surface area contributed by atoms with Crippen LogP contribution in [0.2, 0.25) is 0 Å². The van der Waals surface area contributed by atoms with Crippen LogP contribution in [0.25, 0.3) is 0 Å². The number of aromatic nitrogens is 1. The second-order valence-electron chi connectivity index (χ2n) is 8.48. The van der Waals surface area contributed by atoms with Crippen molar-refractivity contribution in [2.75, 3.05) is 38.3 Å². The number of carboxylic acid groups (broad SMARTS) is 2. The molecular formula is C23H31N7O6S-2. The minimum atomic E-state index is -1.66. The van der Waals surface area contributed by atoms with Gasteiger partial charge in [0.2, 0.25) is 11.8 Å². The van der Waals surface area contributed by atoms with Crippen LogP contribution in [0.1, 0.15) is 29.5 Å². The lowest BCUT2D eigenvalue weighted by atomic mass is 10.1. The molecule has 2 rings (SSSR count). The number of carbonyl (C=O) groups excluding carboxylic acids is 4. The number of rotatable bonds is 13. The Bertz CT molecular complexity index is 1070. The Morgan fingerprint density at radius 3 is 2.16 bits per heavy atom. The molecule has 202 valence electrons. The first-order valence-electron chi connectivity index (χ1n) is 11.4. The molecule has 0 bridgehead atoms. The van der Waals surface area contributed by atoms with E-state index in [1.807, 2.05) is 34.7 Å². The maximum atomic E-state index is 11.9. The lowest BCUT2D eigenvalue weighted by molar-refractivity contribution is -0.255. The summed E-state index contributed by atoms with van der Waals surface area (Å²) in [7, 11) is 5.37. The number of nitrogens with zero attached hydrogens (tertiary/aromatic N) is 3. The summed E-state index contributed by atoms with van der Waals surface area (Å²) >= 11 is 1.40. The third-order valence-electron chi connectivity index (χ3n) is 5.12. The van der Waals surface area contributed by atoms with Gasteiger partial charge in [-0.1, -0.05) is 12.1 Å².